The van der Waals surface area contributed by atoms with E-state index in [-0.39, 0.29) is 27.1 Å². The number of benzene rings is 1. The number of alkyl halides is 3. The van der Waals surface area contributed by atoms with Crippen molar-refractivity contribution < 1.29 is 19.5 Å². The number of carboxylic acids is 1. The number of hydrogen-bond donors (Lipinski definition) is 4. The lowest BCUT2D eigenvalue weighted by molar-refractivity contribution is -0.127. The maximum atomic E-state index is 12.6. The first-order valence-corrected chi connectivity index (χ1v) is 11.2. The molecule has 0 saturated heterocycles. The van der Waals surface area contributed by atoms with E-state index in [0.717, 1.165) is 0 Å². The van der Waals surface area contributed by atoms with Gasteiger partial charge in [0.15, 0.2) is 0 Å². The number of anilines is 1. The first kappa shape index (κ1) is 22.8. The maximum absolute atomic E-state index is 12.6. The molecule has 0 spiro atoms. The Bertz CT molecular complexity index is 644. The molecule has 0 saturated carbocycles. The number of carboxylic acid groups (broad SMARTS) is 1. The van der Waals surface area contributed by atoms with Crippen LogP contribution in [0.25, 0.3) is 0 Å². The van der Waals surface area contributed by atoms with Crippen molar-refractivity contribution in [1.82, 2.24) is 5.32 Å². The molecule has 4 atom stereocenters. The second-order valence-corrected chi connectivity index (χ2v) is 8.81. The van der Waals surface area contributed by atoms with Crippen LogP contribution in [0.3, 0.4) is 0 Å². The summed E-state index contributed by atoms with van der Waals surface area (Å²) < 4.78 is -0.321. The molecule has 0 bridgehead atoms. The number of halogens is 3. The van der Waals surface area contributed by atoms with Crippen molar-refractivity contribution in [2.45, 2.75) is 13.9 Å². The van der Waals surface area contributed by atoms with E-state index in [4.69, 9.17) is 5.73 Å². The topological polar surface area (TPSA) is 122 Å². The molecule has 0 radical (unpaired) electrons. The van der Waals surface area contributed by atoms with E-state index in [0.29, 0.717) is 4.43 Å². The summed E-state index contributed by atoms with van der Waals surface area (Å²) in [7, 11) is 1.51. The second-order valence-electron chi connectivity index (χ2n) is 5.14. The summed E-state index contributed by atoms with van der Waals surface area (Å²) in [5, 5.41) is 14.4. The van der Waals surface area contributed by atoms with Crippen molar-refractivity contribution >= 4 is 91.2 Å². The Hall–Kier alpha value is -0.220. The molecule has 0 aromatic heterocycles. The van der Waals surface area contributed by atoms with E-state index in [9.17, 15) is 19.5 Å². The maximum Gasteiger partial charge on any atom is 0.337 e. The molecule has 25 heavy (non-hydrogen) atoms. The van der Waals surface area contributed by atoms with Gasteiger partial charge in [0.1, 0.15) is 3.92 Å². The molecule has 1 aromatic rings. The quantitative estimate of drug-likeness (QED) is 0.247. The smallest absolute Gasteiger partial charge is 0.337 e. The van der Waals surface area contributed by atoms with Crippen molar-refractivity contribution in [3.05, 3.63) is 29.8 Å². The first-order chi connectivity index (χ1) is 11.7. The Balaban J connectivity index is 3.05. The lowest BCUT2D eigenvalue weighted by atomic mass is 9.95. The molecule has 4 unspecified atom stereocenters. The fraction of sp³-hybridized carbons (Fsp3) is 0.400. The predicted molar refractivity (Wildman–Crippen MR) is 122 cm³/mol. The number of carbonyl (C=O) groups excluding carboxylic acids is 2. The number of rotatable bonds is 8. The van der Waals surface area contributed by atoms with Crippen molar-refractivity contribution in [2.24, 2.45) is 11.7 Å². The van der Waals surface area contributed by atoms with Crippen LogP contribution in [0.15, 0.2) is 24.3 Å². The minimum Gasteiger partial charge on any atom is -0.478 e. The number of hydrogen-bond acceptors (Lipinski definition) is 4. The lowest BCUT2D eigenvalue weighted by Crippen LogP contribution is -2.50. The molecule has 1 aromatic carbocycles. The summed E-state index contributed by atoms with van der Waals surface area (Å²) in [6, 6.07) is 5.88. The zero-order valence-corrected chi connectivity index (χ0v) is 19.7. The highest BCUT2D eigenvalue weighted by Crippen LogP contribution is 2.28. The largest absolute Gasteiger partial charge is 0.478 e. The van der Waals surface area contributed by atoms with Gasteiger partial charge in [0.05, 0.1) is 17.2 Å². The fourth-order valence-electron chi connectivity index (χ4n) is 2.10. The number of carbonyl (C=O) groups is 3. The van der Waals surface area contributed by atoms with Crippen LogP contribution in [0.1, 0.15) is 10.4 Å². The average Bonchev–Trinajstić information content (AvgIpc) is 2.60. The van der Waals surface area contributed by atoms with Crippen molar-refractivity contribution in [1.29, 1.82) is 0 Å². The van der Waals surface area contributed by atoms with Gasteiger partial charge in [0.2, 0.25) is 11.8 Å². The van der Waals surface area contributed by atoms with Gasteiger partial charge < -0.3 is 21.5 Å². The monoisotopic (exact) mass is 685 g/mol. The average molecular weight is 685 g/mol. The molecule has 2 amide bonds. The molecular formula is C15H18I3N3O4. The summed E-state index contributed by atoms with van der Waals surface area (Å²) >= 11 is 6.14. The van der Waals surface area contributed by atoms with E-state index in [1.807, 2.05) is 22.6 Å². The van der Waals surface area contributed by atoms with Crippen LogP contribution in [0.2, 0.25) is 0 Å². The van der Waals surface area contributed by atoms with Crippen LogP contribution in [0.4, 0.5) is 5.69 Å². The third-order valence-electron chi connectivity index (χ3n) is 3.46. The molecule has 0 aliphatic heterocycles. The van der Waals surface area contributed by atoms with Gasteiger partial charge >= 0.3 is 5.97 Å². The third kappa shape index (κ3) is 6.16. The lowest BCUT2D eigenvalue weighted by Gasteiger charge is -2.28. The normalized spacial score (nSPS) is 15.6. The van der Waals surface area contributed by atoms with E-state index in [2.05, 4.69) is 55.8 Å². The van der Waals surface area contributed by atoms with E-state index >= 15 is 0 Å². The Morgan fingerprint density at radius 3 is 2.32 bits per heavy atom. The summed E-state index contributed by atoms with van der Waals surface area (Å²) in [5.41, 5.74) is 6.24. The molecule has 0 aliphatic rings. The molecule has 0 aliphatic carbocycles. The minimum atomic E-state index is -1.14. The molecule has 5 N–H and O–H groups in total. The Morgan fingerprint density at radius 1 is 1.20 bits per heavy atom. The van der Waals surface area contributed by atoms with Crippen LogP contribution in [0.5, 0.6) is 0 Å². The van der Waals surface area contributed by atoms with Gasteiger partial charge in [-0.15, -0.1) is 0 Å². The Kier molecular flexibility index (Phi) is 9.87. The van der Waals surface area contributed by atoms with Crippen LogP contribution in [-0.2, 0) is 9.59 Å². The Labute approximate surface area is 186 Å². The highest BCUT2D eigenvalue weighted by Gasteiger charge is 2.39. The first-order valence-electron chi connectivity index (χ1n) is 7.19. The van der Waals surface area contributed by atoms with Gasteiger partial charge in [0, 0.05) is 21.4 Å². The summed E-state index contributed by atoms with van der Waals surface area (Å²) in [4.78, 5) is 36.2. The minimum absolute atomic E-state index is 0.00840. The van der Waals surface area contributed by atoms with Gasteiger partial charge in [-0.1, -0.05) is 79.9 Å². The van der Waals surface area contributed by atoms with Crippen molar-refractivity contribution in [3.63, 3.8) is 0 Å². The molecule has 138 valence electrons. The SMILES string of the molecule is CNC(=O)C(C(I)C(=O)Nc1ccccc1C(=O)O)C(I)C(N)CI. The van der Waals surface area contributed by atoms with Gasteiger partial charge in [-0.2, -0.15) is 0 Å². The number of aromatic carboxylic acids is 1. The molecule has 7 nitrogen and oxygen atoms in total. The van der Waals surface area contributed by atoms with Gasteiger partial charge in [-0.3, -0.25) is 9.59 Å². The number of nitrogens with one attached hydrogen (secondary N) is 2. The molecule has 10 heteroatoms. The predicted octanol–water partition coefficient (Wildman–Crippen LogP) is 2.05. The van der Waals surface area contributed by atoms with Crippen LogP contribution < -0.4 is 16.4 Å². The zero-order chi connectivity index (χ0) is 19.1. The standard InChI is InChI=1S/C15H18I3N3O4/c1-20-13(22)10(11(17)8(19)6-16)12(18)14(23)21-9-5-3-2-4-7(9)15(24)25/h2-5,8,10-12H,6,19H2,1H3,(H,20,22)(H,21,23)(H,24,25). The Morgan fingerprint density at radius 2 is 1.80 bits per heavy atom. The molecule has 1 rings (SSSR count). The highest BCUT2D eigenvalue weighted by molar-refractivity contribution is 14.1. The van der Waals surface area contributed by atoms with Gasteiger partial charge in [-0.05, 0) is 12.1 Å². The van der Waals surface area contributed by atoms with Crippen molar-refractivity contribution in [3.8, 4) is 0 Å². The number of para-hydroxylation sites is 1. The third-order valence-corrected chi connectivity index (χ3v) is 7.52. The second kappa shape index (κ2) is 10.8. The number of nitrogens with two attached hydrogens (primary N) is 1. The van der Waals surface area contributed by atoms with Crippen molar-refractivity contribution in [2.75, 3.05) is 16.8 Å². The van der Waals surface area contributed by atoms with Gasteiger partial charge in [-0.25, -0.2) is 4.79 Å². The summed E-state index contributed by atoms with van der Waals surface area (Å²) in [6.07, 6.45) is 0. The van der Waals surface area contributed by atoms with E-state index in [1.54, 1.807) is 12.1 Å². The summed E-state index contributed by atoms with van der Waals surface area (Å²) in [6.45, 7) is 0. The molecule has 0 heterocycles. The van der Waals surface area contributed by atoms with Crippen LogP contribution >= 0.6 is 67.8 Å². The van der Waals surface area contributed by atoms with Gasteiger partial charge in [0.25, 0.3) is 0 Å². The van der Waals surface area contributed by atoms with Crippen LogP contribution in [0, 0.1) is 5.92 Å². The fourth-order valence-corrected chi connectivity index (χ4v) is 6.34. The van der Waals surface area contributed by atoms with E-state index < -0.39 is 21.7 Å². The van der Waals surface area contributed by atoms with Crippen LogP contribution in [-0.4, -0.2) is 48.3 Å². The molecule has 0 fully saturated rings. The molecular weight excluding hydrogens is 667 g/mol. The summed E-state index contributed by atoms with van der Waals surface area (Å²) in [5.74, 6) is -2.50. The van der Waals surface area contributed by atoms with E-state index in [1.165, 1.54) is 19.2 Å². The highest BCUT2D eigenvalue weighted by atomic mass is 127. The number of amides is 2. The zero-order valence-electron chi connectivity index (χ0n) is 13.2.